The smallest absolute Gasteiger partial charge is 0.234 e. The molecule has 0 aliphatic rings. The summed E-state index contributed by atoms with van der Waals surface area (Å²) in [5.74, 6) is 0.897. The number of aryl methyl sites for hydroxylation is 3. The van der Waals surface area contributed by atoms with E-state index in [1.165, 1.54) is 22.5 Å². The van der Waals surface area contributed by atoms with E-state index in [2.05, 4.69) is 46.5 Å². The molecule has 0 aliphatic carbocycles. The summed E-state index contributed by atoms with van der Waals surface area (Å²) < 4.78 is 1.81. The van der Waals surface area contributed by atoms with Gasteiger partial charge in [0.15, 0.2) is 5.82 Å². The van der Waals surface area contributed by atoms with Gasteiger partial charge in [-0.1, -0.05) is 35.6 Å². The first-order valence-corrected chi connectivity index (χ1v) is 7.04. The molecule has 0 saturated heterocycles. The van der Waals surface area contributed by atoms with Gasteiger partial charge in [-0.3, -0.25) is 0 Å². The van der Waals surface area contributed by atoms with Gasteiger partial charge in [0, 0.05) is 13.0 Å². The van der Waals surface area contributed by atoms with Gasteiger partial charge in [-0.2, -0.15) is 9.61 Å². The zero-order valence-corrected chi connectivity index (χ0v) is 11.5. The molecule has 5 nitrogen and oxygen atoms in total. The number of aromatic nitrogens is 4. The second kappa shape index (κ2) is 5.07. The molecule has 2 aromatic heterocycles. The van der Waals surface area contributed by atoms with Gasteiger partial charge in [0.05, 0.1) is 0 Å². The highest BCUT2D eigenvalue weighted by molar-refractivity contribution is 7.16. The molecular weight excluding hydrogens is 258 g/mol. The summed E-state index contributed by atoms with van der Waals surface area (Å²) in [6.45, 7) is 2.58. The van der Waals surface area contributed by atoms with E-state index in [0.29, 0.717) is 6.54 Å². The number of benzene rings is 1. The van der Waals surface area contributed by atoms with Crippen LogP contribution in [0.1, 0.15) is 22.0 Å². The fourth-order valence-corrected chi connectivity index (χ4v) is 2.80. The standard InChI is InChI=1S/C13H15N5S/c1-9-4-2-3-5-10(9)6-7-11-15-16-13-18(11)17-12(8-14)19-13/h2-5H,6-8,14H2,1H3. The van der Waals surface area contributed by atoms with Gasteiger partial charge in [0.2, 0.25) is 4.96 Å². The van der Waals surface area contributed by atoms with Crippen LogP contribution in [0, 0.1) is 6.92 Å². The second-order valence-corrected chi connectivity index (χ2v) is 5.48. The molecule has 0 spiro atoms. The van der Waals surface area contributed by atoms with Crippen molar-refractivity contribution in [1.29, 1.82) is 0 Å². The van der Waals surface area contributed by atoms with Crippen molar-refractivity contribution in [3.8, 4) is 0 Å². The summed E-state index contributed by atoms with van der Waals surface area (Å²) in [5.41, 5.74) is 8.24. The first kappa shape index (κ1) is 12.3. The van der Waals surface area contributed by atoms with Crippen molar-refractivity contribution < 1.29 is 0 Å². The van der Waals surface area contributed by atoms with Crippen LogP contribution >= 0.6 is 11.3 Å². The van der Waals surface area contributed by atoms with Crippen molar-refractivity contribution in [1.82, 2.24) is 19.8 Å². The van der Waals surface area contributed by atoms with Gasteiger partial charge in [0.1, 0.15) is 5.01 Å². The average Bonchev–Trinajstić information content (AvgIpc) is 2.98. The van der Waals surface area contributed by atoms with Gasteiger partial charge in [-0.15, -0.1) is 10.2 Å². The normalized spacial score (nSPS) is 11.3. The first-order chi connectivity index (χ1) is 9.28. The summed E-state index contributed by atoms with van der Waals surface area (Å²) in [5, 5.41) is 13.6. The Labute approximate surface area is 115 Å². The van der Waals surface area contributed by atoms with Crippen LogP contribution in [0.4, 0.5) is 0 Å². The maximum absolute atomic E-state index is 5.59. The van der Waals surface area contributed by atoms with Gasteiger partial charge in [-0.05, 0) is 24.5 Å². The van der Waals surface area contributed by atoms with Crippen LogP contribution < -0.4 is 5.73 Å². The molecule has 0 amide bonds. The maximum atomic E-state index is 5.59. The van der Waals surface area contributed by atoms with E-state index in [4.69, 9.17) is 5.73 Å². The Morgan fingerprint density at radius 1 is 1.21 bits per heavy atom. The highest BCUT2D eigenvalue weighted by Crippen LogP contribution is 2.15. The summed E-state index contributed by atoms with van der Waals surface area (Å²) in [7, 11) is 0. The number of rotatable bonds is 4. The monoisotopic (exact) mass is 273 g/mol. The van der Waals surface area contributed by atoms with E-state index < -0.39 is 0 Å². The molecule has 0 aliphatic heterocycles. The highest BCUT2D eigenvalue weighted by atomic mass is 32.1. The number of nitrogens with zero attached hydrogens (tertiary/aromatic N) is 4. The molecular formula is C13H15N5S. The van der Waals surface area contributed by atoms with Crippen LogP contribution in [0.15, 0.2) is 24.3 Å². The Bertz CT molecular complexity index is 700. The van der Waals surface area contributed by atoms with Crippen LogP contribution in [0.3, 0.4) is 0 Å². The van der Waals surface area contributed by atoms with Gasteiger partial charge in [0.25, 0.3) is 0 Å². The molecule has 0 unspecified atom stereocenters. The van der Waals surface area contributed by atoms with E-state index in [0.717, 1.165) is 28.6 Å². The molecule has 0 bridgehead atoms. The average molecular weight is 273 g/mol. The number of nitrogens with two attached hydrogens (primary N) is 1. The van der Waals surface area contributed by atoms with Crippen molar-refractivity contribution in [2.24, 2.45) is 5.73 Å². The predicted molar refractivity (Wildman–Crippen MR) is 75.1 cm³/mol. The lowest BCUT2D eigenvalue weighted by Crippen LogP contribution is -2.02. The molecule has 3 aromatic rings. The molecule has 0 saturated carbocycles. The van der Waals surface area contributed by atoms with Crippen LogP contribution in [0.5, 0.6) is 0 Å². The van der Waals surface area contributed by atoms with Gasteiger partial charge in [-0.25, -0.2) is 0 Å². The molecule has 3 rings (SSSR count). The van der Waals surface area contributed by atoms with Crippen molar-refractivity contribution in [3.05, 3.63) is 46.2 Å². The number of hydrogen-bond acceptors (Lipinski definition) is 5. The van der Waals surface area contributed by atoms with Gasteiger partial charge < -0.3 is 5.73 Å². The van der Waals surface area contributed by atoms with Crippen LogP contribution in [-0.2, 0) is 19.4 Å². The molecule has 0 radical (unpaired) electrons. The minimum Gasteiger partial charge on any atom is -0.324 e. The molecule has 1 aromatic carbocycles. The Hall–Kier alpha value is -1.79. The maximum Gasteiger partial charge on any atom is 0.234 e. The first-order valence-electron chi connectivity index (χ1n) is 6.22. The lowest BCUT2D eigenvalue weighted by molar-refractivity contribution is 0.774. The molecule has 2 N–H and O–H groups in total. The van der Waals surface area contributed by atoms with Crippen molar-refractivity contribution >= 4 is 16.3 Å². The SMILES string of the molecule is Cc1ccccc1CCc1nnc2sc(CN)nn12. The van der Waals surface area contributed by atoms with E-state index >= 15 is 0 Å². The topological polar surface area (TPSA) is 69.1 Å². The minimum atomic E-state index is 0.450. The molecule has 2 heterocycles. The van der Waals surface area contributed by atoms with Crippen LogP contribution in [-0.4, -0.2) is 19.8 Å². The quantitative estimate of drug-likeness (QED) is 0.786. The van der Waals surface area contributed by atoms with E-state index in [-0.39, 0.29) is 0 Å². The summed E-state index contributed by atoms with van der Waals surface area (Å²) in [4.78, 5) is 0.820. The molecule has 0 atom stereocenters. The predicted octanol–water partition coefficient (Wildman–Crippen LogP) is 1.74. The lowest BCUT2D eigenvalue weighted by Gasteiger charge is -2.03. The number of fused-ring (bicyclic) bond motifs is 1. The van der Waals surface area contributed by atoms with E-state index in [1.54, 1.807) is 0 Å². The van der Waals surface area contributed by atoms with Crippen molar-refractivity contribution in [2.75, 3.05) is 0 Å². The lowest BCUT2D eigenvalue weighted by atomic mass is 10.0. The highest BCUT2D eigenvalue weighted by Gasteiger charge is 2.11. The fraction of sp³-hybridized carbons (Fsp3) is 0.308. The Morgan fingerprint density at radius 2 is 2.05 bits per heavy atom. The van der Waals surface area contributed by atoms with Crippen LogP contribution in [0.2, 0.25) is 0 Å². The Kier molecular flexibility index (Phi) is 3.27. The molecule has 98 valence electrons. The summed E-state index contributed by atoms with van der Waals surface area (Å²) in [6, 6.07) is 8.41. The number of hydrogen-bond donors (Lipinski definition) is 1. The van der Waals surface area contributed by atoms with Gasteiger partial charge >= 0.3 is 0 Å². The largest absolute Gasteiger partial charge is 0.324 e. The third-order valence-electron chi connectivity index (χ3n) is 3.15. The molecule has 19 heavy (non-hydrogen) atoms. The summed E-state index contributed by atoms with van der Waals surface area (Å²) in [6.07, 6.45) is 1.78. The molecule has 0 fully saturated rings. The molecule has 6 heteroatoms. The zero-order chi connectivity index (χ0) is 13.2. The summed E-state index contributed by atoms with van der Waals surface area (Å²) >= 11 is 1.50. The van der Waals surface area contributed by atoms with E-state index in [9.17, 15) is 0 Å². The van der Waals surface area contributed by atoms with E-state index in [1.807, 2.05) is 4.52 Å². The van der Waals surface area contributed by atoms with Crippen molar-refractivity contribution in [3.63, 3.8) is 0 Å². The third-order valence-corrected chi connectivity index (χ3v) is 4.07. The Morgan fingerprint density at radius 3 is 2.84 bits per heavy atom. The fourth-order valence-electron chi connectivity index (χ4n) is 2.07. The minimum absolute atomic E-state index is 0.450. The third kappa shape index (κ3) is 2.36. The van der Waals surface area contributed by atoms with Crippen molar-refractivity contribution in [2.45, 2.75) is 26.3 Å². The second-order valence-electron chi connectivity index (χ2n) is 4.44. The zero-order valence-electron chi connectivity index (χ0n) is 10.7. The van der Waals surface area contributed by atoms with Crippen LogP contribution in [0.25, 0.3) is 4.96 Å². The Balaban J connectivity index is 1.82.